The number of nitrogens with zero attached hydrogens (tertiary/aromatic N) is 5. The van der Waals surface area contributed by atoms with Crippen molar-refractivity contribution in [1.82, 2.24) is 35.4 Å². The lowest BCUT2D eigenvalue weighted by atomic mass is 10.1. The molecule has 1 aliphatic heterocycles. The SMILES string of the molecule is Nc1ncnc2c1c(-c1ccc(CNC(=O)c3ccc(F)cn3)cc1)nn2[C@@H]1CCCNC1. The van der Waals surface area contributed by atoms with E-state index < -0.39 is 5.82 Å². The molecule has 1 aromatic carbocycles. The van der Waals surface area contributed by atoms with Crippen molar-refractivity contribution in [3.8, 4) is 11.3 Å². The summed E-state index contributed by atoms with van der Waals surface area (Å²) in [6, 6.07) is 10.5. The molecule has 3 aromatic heterocycles. The van der Waals surface area contributed by atoms with Crippen LogP contribution in [0, 0.1) is 5.82 Å². The number of pyridine rings is 1. The molecular formula is C23H23FN8O. The molecule has 1 fully saturated rings. The molecule has 0 saturated carbocycles. The molecular weight excluding hydrogens is 423 g/mol. The molecule has 4 heterocycles. The highest BCUT2D eigenvalue weighted by Gasteiger charge is 2.23. The molecule has 0 aliphatic carbocycles. The number of anilines is 1. The average Bonchev–Trinajstić information content (AvgIpc) is 3.25. The third-order valence-electron chi connectivity index (χ3n) is 5.78. The van der Waals surface area contributed by atoms with Crippen LogP contribution >= 0.6 is 0 Å². The van der Waals surface area contributed by atoms with Crippen LogP contribution in [0.25, 0.3) is 22.3 Å². The lowest BCUT2D eigenvalue weighted by Gasteiger charge is -2.23. The van der Waals surface area contributed by atoms with E-state index in [0.29, 0.717) is 12.4 Å². The van der Waals surface area contributed by atoms with E-state index in [4.69, 9.17) is 10.8 Å². The smallest absolute Gasteiger partial charge is 0.270 e. The fourth-order valence-electron chi connectivity index (χ4n) is 4.06. The first kappa shape index (κ1) is 21.0. The van der Waals surface area contributed by atoms with Crippen LogP contribution in [0.3, 0.4) is 0 Å². The summed E-state index contributed by atoms with van der Waals surface area (Å²) in [5, 5.41) is 11.8. The van der Waals surface area contributed by atoms with Gasteiger partial charge in [0.25, 0.3) is 5.91 Å². The standard InChI is InChI=1S/C23H23FN8O/c24-16-7-8-18(27-11-16)23(33)28-10-14-3-5-15(6-4-14)20-19-21(25)29-13-30-22(19)32(31-20)17-2-1-9-26-12-17/h3-8,11,13,17,26H,1-2,9-10,12H2,(H,28,33)(H2,25,29,30)/t17-/m1/s1. The Morgan fingerprint density at radius 2 is 2.03 bits per heavy atom. The van der Waals surface area contributed by atoms with Gasteiger partial charge in [-0.2, -0.15) is 5.10 Å². The Morgan fingerprint density at radius 1 is 1.18 bits per heavy atom. The first-order valence-electron chi connectivity index (χ1n) is 10.8. The van der Waals surface area contributed by atoms with E-state index in [1.807, 2.05) is 28.9 Å². The monoisotopic (exact) mass is 446 g/mol. The van der Waals surface area contributed by atoms with Crippen molar-refractivity contribution in [1.29, 1.82) is 0 Å². The number of amides is 1. The van der Waals surface area contributed by atoms with Crippen LogP contribution in [0.2, 0.25) is 0 Å². The number of nitrogen functional groups attached to an aromatic ring is 1. The van der Waals surface area contributed by atoms with E-state index in [9.17, 15) is 9.18 Å². The highest BCUT2D eigenvalue weighted by Crippen LogP contribution is 2.32. The number of nitrogens with one attached hydrogen (secondary N) is 2. The number of halogens is 1. The number of carbonyl (C=O) groups excluding carboxylic acids is 1. The highest BCUT2D eigenvalue weighted by molar-refractivity contribution is 5.98. The zero-order valence-corrected chi connectivity index (χ0v) is 17.8. The van der Waals surface area contributed by atoms with Gasteiger partial charge in [0.2, 0.25) is 0 Å². The van der Waals surface area contributed by atoms with Crippen molar-refractivity contribution in [2.75, 3.05) is 18.8 Å². The van der Waals surface area contributed by atoms with Gasteiger partial charge in [0.1, 0.15) is 29.4 Å². The van der Waals surface area contributed by atoms with Crippen LogP contribution < -0.4 is 16.4 Å². The Balaban J connectivity index is 1.38. The first-order chi connectivity index (χ1) is 16.1. The van der Waals surface area contributed by atoms with Gasteiger partial charge in [0, 0.05) is 18.7 Å². The van der Waals surface area contributed by atoms with Crippen LogP contribution in [0.4, 0.5) is 10.2 Å². The van der Waals surface area contributed by atoms with Crippen molar-refractivity contribution < 1.29 is 9.18 Å². The summed E-state index contributed by atoms with van der Waals surface area (Å²) >= 11 is 0. The number of aromatic nitrogens is 5. The number of benzene rings is 1. The van der Waals surface area contributed by atoms with E-state index in [1.54, 1.807) is 0 Å². The maximum atomic E-state index is 13.0. The second-order valence-electron chi connectivity index (χ2n) is 7.99. The molecule has 9 nitrogen and oxygen atoms in total. The summed E-state index contributed by atoms with van der Waals surface area (Å²) in [5.41, 5.74) is 9.64. The van der Waals surface area contributed by atoms with Gasteiger partial charge in [-0.3, -0.25) is 4.79 Å². The molecule has 0 unspecified atom stereocenters. The Labute approximate surface area is 189 Å². The third-order valence-corrected chi connectivity index (χ3v) is 5.78. The maximum Gasteiger partial charge on any atom is 0.270 e. The van der Waals surface area contributed by atoms with Crippen molar-refractivity contribution in [3.63, 3.8) is 0 Å². The predicted molar refractivity (Wildman–Crippen MR) is 122 cm³/mol. The number of hydrogen-bond acceptors (Lipinski definition) is 7. The summed E-state index contributed by atoms with van der Waals surface area (Å²) in [6.07, 6.45) is 4.59. The zero-order chi connectivity index (χ0) is 22.8. The molecule has 1 atom stereocenters. The summed E-state index contributed by atoms with van der Waals surface area (Å²) in [7, 11) is 0. The molecule has 0 spiro atoms. The van der Waals surface area contributed by atoms with Crippen LogP contribution in [-0.4, -0.2) is 43.7 Å². The number of fused-ring (bicyclic) bond motifs is 1. The van der Waals surface area contributed by atoms with Crippen molar-refractivity contribution in [3.05, 3.63) is 66.0 Å². The minimum atomic E-state index is -0.483. The summed E-state index contributed by atoms with van der Waals surface area (Å²) in [6.45, 7) is 2.16. The first-order valence-corrected chi connectivity index (χ1v) is 10.8. The predicted octanol–water partition coefficient (Wildman–Crippen LogP) is 2.46. The minimum Gasteiger partial charge on any atom is -0.383 e. The van der Waals surface area contributed by atoms with Gasteiger partial charge >= 0.3 is 0 Å². The Hall–Kier alpha value is -3.92. The molecule has 4 aromatic rings. The molecule has 1 amide bonds. The fourth-order valence-corrected chi connectivity index (χ4v) is 4.06. The molecule has 0 radical (unpaired) electrons. The molecule has 168 valence electrons. The van der Waals surface area contributed by atoms with Gasteiger partial charge in [0.05, 0.1) is 17.6 Å². The van der Waals surface area contributed by atoms with Crippen molar-refractivity contribution in [2.45, 2.75) is 25.4 Å². The van der Waals surface area contributed by atoms with Crippen LogP contribution in [-0.2, 0) is 6.54 Å². The largest absolute Gasteiger partial charge is 0.383 e. The van der Waals surface area contributed by atoms with Crippen LogP contribution in [0.15, 0.2) is 48.9 Å². The van der Waals surface area contributed by atoms with Gasteiger partial charge < -0.3 is 16.4 Å². The number of piperidine rings is 1. The Morgan fingerprint density at radius 3 is 2.76 bits per heavy atom. The fraction of sp³-hybridized carbons (Fsp3) is 0.261. The third kappa shape index (κ3) is 4.24. The van der Waals surface area contributed by atoms with Gasteiger partial charge in [-0.1, -0.05) is 24.3 Å². The van der Waals surface area contributed by atoms with Crippen molar-refractivity contribution >= 4 is 22.8 Å². The lowest BCUT2D eigenvalue weighted by molar-refractivity contribution is 0.0946. The normalized spacial score (nSPS) is 16.1. The zero-order valence-electron chi connectivity index (χ0n) is 17.8. The second kappa shape index (κ2) is 8.91. The number of rotatable bonds is 5. The molecule has 1 saturated heterocycles. The Kier molecular flexibility index (Phi) is 5.66. The molecule has 1 aliphatic rings. The van der Waals surface area contributed by atoms with E-state index >= 15 is 0 Å². The average molecular weight is 446 g/mol. The van der Waals surface area contributed by atoms with Crippen LogP contribution in [0.1, 0.15) is 34.9 Å². The molecule has 0 bridgehead atoms. The summed E-state index contributed by atoms with van der Waals surface area (Å²) in [5.74, 6) is -0.453. The van der Waals surface area contributed by atoms with E-state index in [1.165, 1.54) is 18.5 Å². The number of nitrogens with two attached hydrogens (primary N) is 1. The quantitative estimate of drug-likeness (QED) is 0.430. The second-order valence-corrected chi connectivity index (χ2v) is 7.99. The van der Waals surface area contributed by atoms with Crippen LogP contribution in [0.5, 0.6) is 0 Å². The molecule has 33 heavy (non-hydrogen) atoms. The summed E-state index contributed by atoms with van der Waals surface area (Å²) < 4.78 is 14.9. The molecule has 5 rings (SSSR count). The topological polar surface area (TPSA) is 124 Å². The van der Waals surface area contributed by atoms with Gasteiger partial charge in [-0.05, 0) is 37.1 Å². The van der Waals surface area contributed by atoms with E-state index in [2.05, 4.69) is 25.6 Å². The number of carbonyl (C=O) groups is 1. The van der Waals surface area contributed by atoms with Gasteiger partial charge in [-0.25, -0.2) is 24.0 Å². The van der Waals surface area contributed by atoms with E-state index in [0.717, 1.165) is 60.0 Å². The van der Waals surface area contributed by atoms with E-state index in [-0.39, 0.29) is 17.6 Å². The lowest BCUT2D eigenvalue weighted by Crippen LogP contribution is -2.32. The Bertz CT molecular complexity index is 1280. The minimum absolute atomic E-state index is 0.165. The maximum absolute atomic E-state index is 13.0. The van der Waals surface area contributed by atoms with Gasteiger partial charge in [0.15, 0.2) is 5.65 Å². The van der Waals surface area contributed by atoms with Crippen molar-refractivity contribution in [2.24, 2.45) is 0 Å². The molecule has 10 heteroatoms. The summed E-state index contributed by atoms with van der Waals surface area (Å²) in [4.78, 5) is 24.7. The molecule has 4 N–H and O–H groups in total. The number of hydrogen-bond donors (Lipinski definition) is 3. The van der Waals surface area contributed by atoms with Gasteiger partial charge in [-0.15, -0.1) is 0 Å². The highest BCUT2D eigenvalue weighted by atomic mass is 19.1.